The second-order valence-corrected chi connectivity index (χ2v) is 6.92. The van der Waals surface area contributed by atoms with Crippen LogP contribution in [-0.4, -0.2) is 44.8 Å². The molecular weight excluding hydrogens is 314 g/mol. The summed E-state index contributed by atoms with van der Waals surface area (Å²) < 4.78 is 5.38. The zero-order chi connectivity index (χ0) is 16.3. The van der Waals surface area contributed by atoms with Crippen LogP contribution in [0.15, 0.2) is 24.3 Å². The summed E-state index contributed by atoms with van der Waals surface area (Å²) in [7, 11) is 0. The summed E-state index contributed by atoms with van der Waals surface area (Å²) in [5.74, 6) is 0.0845. The van der Waals surface area contributed by atoms with Gasteiger partial charge in [-0.3, -0.25) is 4.79 Å². The molecular formula is C17H24ClN3O2. The molecule has 3 N–H and O–H groups in total. The number of hydrogen-bond acceptors (Lipinski definition) is 4. The molecule has 0 radical (unpaired) electrons. The van der Waals surface area contributed by atoms with Crippen molar-refractivity contribution in [2.24, 2.45) is 11.1 Å². The number of halogens is 1. The first-order chi connectivity index (χ1) is 11.1. The molecule has 1 atom stereocenters. The van der Waals surface area contributed by atoms with E-state index in [0.29, 0.717) is 32.6 Å². The third kappa shape index (κ3) is 3.62. The van der Waals surface area contributed by atoms with E-state index in [1.807, 2.05) is 18.2 Å². The van der Waals surface area contributed by atoms with Crippen molar-refractivity contribution in [2.75, 3.05) is 37.7 Å². The number of benzene rings is 1. The molecule has 2 aliphatic rings. The number of carbonyl (C=O) groups excluding carboxylic acids is 1. The van der Waals surface area contributed by atoms with Gasteiger partial charge in [0.15, 0.2) is 0 Å². The predicted molar refractivity (Wildman–Crippen MR) is 91.8 cm³/mol. The molecule has 2 heterocycles. The molecule has 0 spiro atoms. The molecule has 1 unspecified atom stereocenters. The minimum atomic E-state index is -0.457. The molecule has 1 amide bonds. The van der Waals surface area contributed by atoms with E-state index in [4.69, 9.17) is 22.1 Å². The molecule has 23 heavy (non-hydrogen) atoms. The van der Waals surface area contributed by atoms with Gasteiger partial charge in [0.05, 0.1) is 5.41 Å². The lowest BCUT2D eigenvalue weighted by atomic mass is 9.79. The summed E-state index contributed by atoms with van der Waals surface area (Å²) in [6, 6.07) is 8.00. The number of nitrogens with two attached hydrogens (primary N) is 1. The van der Waals surface area contributed by atoms with Gasteiger partial charge < -0.3 is 20.7 Å². The van der Waals surface area contributed by atoms with Crippen molar-refractivity contribution in [3.05, 3.63) is 29.3 Å². The van der Waals surface area contributed by atoms with Crippen LogP contribution in [0.3, 0.4) is 0 Å². The smallest absolute Gasteiger partial charge is 0.227 e. The van der Waals surface area contributed by atoms with E-state index >= 15 is 0 Å². The third-order valence-corrected chi connectivity index (χ3v) is 5.25. The van der Waals surface area contributed by atoms with Gasteiger partial charge in [-0.15, -0.1) is 0 Å². The summed E-state index contributed by atoms with van der Waals surface area (Å²) >= 11 is 6.06. The Morgan fingerprint density at radius 2 is 2.22 bits per heavy atom. The zero-order valence-electron chi connectivity index (χ0n) is 13.3. The number of nitrogens with zero attached hydrogens (tertiary/aromatic N) is 1. The fourth-order valence-electron chi connectivity index (χ4n) is 3.41. The average Bonchev–Trinajstić information content (AvgIpc) is 3.04. The van der Waals surface area contributed by atoms with Crippen LogP contribution >= 0.6 is 11.6 Å². The highest BCUT2D eigenvalue weighted by atomic mass is 35.5. The lowest BCUT2D eigenvalue weighted by Crippen LogP contribution is -2.52. The van der Waals surface area contributed by atoms with Gasteiger partial charge in [-0.1, -0.05) is 17.7 Å². The van der Waals surface area contributed by atoms with E-state index in [1.165, 1.54) is 0 Å². The van der Waals surface area contributed by atoms with E-state index in [9.17, 15) is 4.79 Å². The fraction of sp³-hybridized carbons (Fsp3) is 0.588. The van der Waals surface area contributed by atoms with Crippen molar-refractivity contribution in [2.45, 2.75) is 25.3 Å². The van der Waals surface area contributed by atoms with Gasteiger partial charge in [-0.25, -0.2) is 0 Å². The maximum absolute atomic E-state index is 12.7. The molecule has 5 nitrogen and oxygen atoms in total. The van der Waals surface area contributed by atoms with Crippen LogP contribution in [0.4, 0.5) is 5.69 Å². The lowest BCUT2D eigenvalue weighted by Gasteiger charge is -2.35. The molecule has 0 saturated carbocycles. The normalized spacial score (nSPS) is 23.7. The highest BCUT2D eigenvalue weighted by Gasteiger charge is 2.40. The maximum atomic E-state index is 12.7. The summed E-state index contributed by atoms with van der Waals surface area (Å²) in [6.07, 6.45) is 2.36. The Labute approximate surface area is 142 Å². The molecule has 2 aliphatic heterocycles. The SMILES string of the molecule is NCC1(C(=O)NC2CCN(c3cccc(Cl)c3)C2)CCOCC1. The number of amides is 1. The van der Waals surface area contributed by atoms with Crippen LogP contribution in [0.2, 0.25) is 5.02 Å². The van der Waals surface area contributed by atoms with E-state index < -0.39 is 5.41 Å². The Morgan fingerprint density at radius 1 is 1.43 bits per heavy atom. The van der Waals surface area contributed by atoms with Gasteiger partial charge >= 0.3 is 0 Å². The minimum absolute atomic E-state index is 0.0845. The van der Waals surface area contributed by atoms with E-state index in [0.717, 1.165) is 30.2 Å². The second kappa shape index (κ2) is 7.07. The highest BCUT2D eigenvalue weighted by Crippen LogP contribution is 2.30. The first kappa shape index (κ1) is 16.6. The van der Waals surface area contributed by atoms with Gasteiger partial charge in [0.2, 0.25) is 5.91 Å². The molecule has 1 aromatic rings. The Morgan fingerprint density at radius 3 is 2.91 bits per heavy atom. The van der Waals surface area contributed by atoms with Gasteiger partial charge in [-0.2, -0.15) is 0 Å². The molecule has 3 rings (SSSR count). The monoisotopic (exact) mass is 337 g/mol. The molecule has 126 valence electrons. The first-order valence-electron chi connectivity index (χ1n) is 8.22. The van der Waals surface area contributed by atoms with Crippen LogP contribution in [0.5, 0.6) is 0 Å². The molecule has 2 fully saturated rings. The minimum Gasteiger partial charge on any atom is -0.381 e. The van der Waals surface area contributed by atoms with Crippen LogP contribution in [-0.2, 0) is 9.53 Å². The van der Waals surface area contributed by atoms with Gasteiger partial charge in [0.1, 0.15) is 0 Å². The Bertz CT molecular complexity index is 561. The molecule has 2 saturated heterocycles. The molecule has 0 bridgehead atoms. The number of ether oxygens (including phenoxy) is 1. The van der Waals surface area contributed by atoms with E-state index in [-0.39, 0.29) is 11.9 Å². The van der Waals surface area contributed by atoms with Crippen LogP contribution in [0.1, 0.15) is 19.3 Å². The number of anilines is 1. The average molecular weight is 338 g/mol. The largest absolute Gasteiger partial charge is 0.381 e. The summed E-state index contributed by atoms with van der Waals surface area (Å²) in [5.41, 5.74) is 6.56. The van der Waals surface area contributed by atoms with E-state index in [2.05, 4.69) is 16.3 Å². The molecule has 1 aromatic carbocycles. The quantitative estimate of drug-likeness (QED) is 0.879. The van der Waals surface area contributed by atoms with Crippen molar-refractivity contribution in [3.8, 4) is 0 Å². The first-order valence-corrected chi connectivity index (χ1v) is 8.60. The van der Waals surface area contributed by atoms with Gasteiger partial charge in [-0.05, 0) is 37.5 Å². The summed E-state index contributed by atoms with van der Waals surface area (Å²) in [5, 5.41) is 3.94. The van der Waals surface area contributed by atoms with Crippen LogP contribution in [0, 0.1) is 5.41 Å². The highest BCUT2D eigenvalue weighted by molar-refractivity contribution is 6.30. The fourth-order valence-corrected chi connectivity index (χ4v) is 3.59. The van der Waals surface area contributed by atoms with Crippen LogP contribution < -0.4 is 16.0 Å². The van der Waals surface area contributed by atoms with Crippen molar-refractivity contribution >= 4 is 23.2 Å². The summed E-state index contributed by atoms with van der Waals surface area (Å²) in [4.78, 5) is 15.0. The predicted octanol–water partition coefficient (Wildman–Crippen LogP) is 1.79. The van der Waals surface area contributed by atoms with Crippen molar-refractivity contribution < 1.29 is 9.53 Å². The van der Waals surface area contributed by atoms with Gasteiger partial charge in [0.25, 0.3) is 0 Å². The topological polar surface area (TPSA) is 67.6 Å². The molecule has 0 aromatic heterocycles. The molecule has 6 heteroatoms. The lowest BCUT2D eigenvalue weighted by molar-refractivity contribution is -0.136. The standard InChI is InChI=1S/C17H24ClN3O2/c18-13-2-1-3-15(10-13)21-7-4-14(11-21)20-16(22)17(12-19)5-8-23-9-6-17/h1-3,10,14H,4-9,11-12,19H2,(H,20,22). The van der Waals surface area contributed by atoms with Crippen molar-refractivity contribution in [3.63, 3.8) is 0 Å². The van der Waals surface area contributed by atoms with Gasteiger partial charge in [0, 0.05) is 49.6 Å². The number of carbonyl (C=O) groups is 1. The number of rotatable bonds is 4. The Balaban J connectivity index is 1.60. The number of hydrogen-bond donors (Lipinski definition) is 2. The van der Waals surface area contributed by atoms with Crippen molar-refractivity contribution in [1.29, 1.82) is 0 Å². The van der Waals surface area contributed by atoms with E-state index in [1.54, 1.807) is 0 Å². The zero-order valence-corrected chi connectivity index (χ0v) is 14.0. The third-order valence-electron chi connectivity index (χ3n) is 5.02. The van der Waals surface area contributed by atoms with Crippen LogP contribution in [0.25, 0.3) is 0 Å². The number of nitrogens with one attached hydrogen (secondary N) is 1. The van der Waals surface area contributed by atoms with Crippen molar-refractivity contribution in [1.82, 2.24) is 5.32 Å². The molecule has 0 aliphatic carbocycles. The maximum Gasteiger partial charge on any atom is 0.227 e. The Hall–Kier alpha value is -1.30. The Kier molecular flexibility index (Phi) is 5.09. The summed E-state index contributed by atoms with van der Waals surface area (Å²) in [6.45, 7) is 3.34. The second-order valence-electron chi connectivity index (χ2n) is 6.48.